The Morgan fingerprint density at radius 1 is 1.12 bits per heavy atom. The Morgan fingerprint density at radius 3 is 2.50 bits per heavy atom. The fourth-order valence-electron chi connectivity index (χ4n) is 2.24. The molecule has 0 spiro atoms. The van der Waals surface area contributed by atoms with Gasteiger partial charge < -0.3 is 15.4 Å². The van der Waals surface area contributed by atoms with Crippen LogP contribution in [0.4, 0.5) is 11.6 Å². The van der Waals surface area contributed by atoms with Crippen LogP contribution in [-0.4, -0.2) is 35.0 Å². The monoisotopic (exact) mass is 356 g/mol. The van der Waals surface area contributed by atoms with Crippen molar-refractivity contribution < 1.29 is 14.3 Å². The quantitative estimate of drug-likeness (QED) is 0.556. The SMILES string of the molecule is CCCCNc1nc(C)cc(C(=O)Nc2ccc(C(=O)OCC)cc2)n1. The number of benzene rings is 1. The van der Waals surface area contributed by atoms with Crippen molar-refractivity contribution in [3.63, 3.8) is 0 Å². The van der Waals surface area contributed by atoms with Crippen LogP contribution in [0.2, 0.25) is 0 Å². The second-order valence-corrected chi connectivity index (χ2v) is 5.75. The first-order valence-corrected chi connectivity index (χ1v) is 8.71. The highest BCUT2D eigenvalue weighted by Gasteiger charge is 2.12. The van der Waals surface area contributed by atoms with E-state index in [0.717, 1.165) is 19.4 Å². The van der Waals surface area contributed by atoms with E-state index in [4.69, 9.17) is 4.74 Å². The van der Waals surface area contributed by atoms with E-state index >= 15 is 0 Å². The predicted octanol–water partition coefficient (Wildman–Crippen LogP) is 3.43. The number of hydrogen-bond acceptors (Lipinski definition) is 6. The van der Waals surface area contributed by atoms with Gasteiger partial charge in [-0.2, -0.15) is 0 Å². The molecule has 1 heterocycles. The van der Waals surface area contributed by atoms with Gasteiger partial charge >= 0.3 is 5.97 Å². The number of hydrogen-bond donors (Lipinski definition) is 2. The van der Waals surface area contributed by atoms with Crippen LogP contribution in [0.3, 0.4) is 0 Å². The van der Waals surface area contributed by atoms with Gasteiger partial charge in [0.05, 0.1) is 12.2 Å². The number of aromatic nitrogens is 2. The lowest BCUT2D eigenvalue weighted by atomic mass is 10.2. The summed E-state index contributed by atoms with van der Waals surface area (Å²) < 4.78 is 4.93. The van der Waals surface area contributed by atoms with Crippen LogP contribution in [0.1, 0.15) is 53.2 Å². The van der Waals surface area contributed by atoms with Gasteiger partial charge in [-0.25, -0.2) is 14.8 Å². The third-order valence-corrected chi connectivity index (χ3v) is 3.55. The zero-order chi connectivity index (χ0) is 18.9. The molecule has 7 heteroatoms. The second-order valence-electron chi connectivity index (χ2n) is 5.75. The molecule has 0 aliphatic carbocycles. The molecule has 2 aromatic rings. The number of esters is 1. The highest BCUT2D eigenvalue weighted by Crippen LogP contribution is 2.13. The number of ether oxygens (including phenoxy) is 1. The molecule has 2 rings (SSSR count). The lowest BCUT2D eigenvalue weighted by Gasteiger charge is -2.09. The van der Waals surface area contributed by atoms with Crippen LogP contribution >= 0.6 is 0 Å². The maximum atomic E-state index is 12.4. The van der Waals surface area contributed by atoms with Crippen molar-refractivity contribution in [1.29, 1.82) is 0 Å². The van der Waals surface area contributed by atoms with E-state index in [-0.39, 0.29) is 17.6 Å². The molecular formula is C19H24N4O3. The van der Waals surface area contributed by atoms with Crippen molar-refractivity contribution in [3.05, 3.63) is 47.3 Å². The molecule has 2 N–H and O–H groups in total. The van der Waals surface area contributed by atoms with Gasteiger partial charge in [0.25, 0.3) is 5.91 Å². The first-order valence-electron chi connectivity index (χ1n) is 8.71. The Morgan fingerprint density at radius 2 is 1.85 bits per heavy atom. The summed E-state index contributed by atoms with van der Waals surface area (Å²) >= 11 is 0. The van der Waals surface area contributed by atoms with Gasteiger partial charge in [0.1, 0.15) is 5.69 Å². The molecule has 138 valence electrons. The molecule has 0 aliphatic rings. The average Bonchev–Trinajstić information content (AvgIpc) is 2.62. The molecule has 0 radical (unpaired) electrons. The molecule has 0 saturated carbocycles. The summed E-state index contributed by atoms with van der Waals surface area (Å²) in [6.07, 6.45) is 2.07. The minimum Gasteiger partial charge on any atom is -0.462 e. The van der Waals surface area contributed by atoms with Crippen LogP contribution in [0.25, 0.3) is 0 Å². The van der Waals surface area contributed by atoms with Crippen molar-refractivity contribution in [2.45, 2.75) is 33.6 Å². The first-order chi connectivity index (χ1) is 12.5. The zero-order valence-electron chi connectivity index (χ0n) is 15.3. The zero-order valence-corrected chi connectivity index (χ0v) is 15.3. The number of carbonyl (C=O) groups excluding carboxylic acids is 2. The largest absolute Gasteiger partial charge is 0.462 e. The molecule has 1 aromatic heterocycles. The minimum absolute atomic E-state index is 0.283. The minimum atomic E-state index is -0.389. The normalized spacial score (nSPS) is 10.3. The van der Waals surface area contributed by atoms with E-state index in [1.165, 1.54) is 0 Å². The van der Waals surface area contributed by atoms with Gasteiger partial charge in [-0.3, -0.25) is 4.79 Å². The maximum absolute atomic E-state index is 12.4. The van der Waals surface area contributed by atoms with Gasteiger partial charge in [0.15, 0.2) is 0 Å². The summed E-state index contributed by atoms with van der Waals surface area (Å²) in [6.45, 7) is 6.75. The molecule has 0 saturated heterocycles. The van der Waals surface area contributed by atoms with E-state index in [1.807, 2.05) is 6.92 Å². The molecular weight excluding hydrogens is 332 g/mol. The second kappa shape index (κ2) is 9.50. The van der Waals surface area contributed by atoms with Crippen molar-refractivity contribution in [1.82, 2.24) is 9.97 Å². The maximum Gasteiger partial charge on any atom is 0.338 e. The Kier molecular flexibility index (Phi) is 7.08. The van der Waals surface area contributed by atoms with E-state index in [0.29, 0.717) is 29.5 Å². The van der Waals surface area contributed by atoms with Gasteiger partial charge in [-0.1, -0.05) is 13.3 Å². The lowest BCUT2D eigenvalue weighted by molar-refractivity contribution is 0.0526. The van der Waals surface area contributed by atoms with Crippen LogP contribution in [0, 0.1) is 6.92 Å². The predicted molar refractivity (Wildman–Crippen MR) is 101 cm³/mol. The summed E-state index contributed by atoms with van der Waals surface area (Å²) in [4.78, 5) is 32.7. The highest BCUT2D eigenvalue weighted by molar-refractivity contribution is 6.03. The summed E-state index contributed by atoms with van der Waals surface area (Å²) in [5, 5.41) is 5.89. The van der Waals surface area contributed by atoms with E-state index in [1.54, 1.807) is 37.3 Å². The van der Waals surface area contributed by atoms with Crippen molar-refractivity contribution in [2.24, 2.45) is 0 Å². The standard InChI is InChI=1S/C19H24N4O3/c1-4-6-11-20-19-21-13(3)12-16(23-19)17(24)22-15-9-7-14(8-10-15)18(25)26-5-2/h7-10,12H,4-6,11H2,1-3H3,(H,22,24)(H,20,21,23). The van der Waals surface area contributed by atoms with E-state index < -0.39 is 0 Å². The van der Waals surface area contributed by atoms with Crippen molar-refractivity contribution in [2.75, 3.05) is 23.8 Å². The summed E-state index contributed by atoms with van der Waals surface area (Å²) in [6, 6.07) is 8.15. The van der Waals surface area contributed by atoms with Gasteiger partial charge in [-0.05, 0) is 50.6 Å². The third-order valence-electron chi connectivity index (χ3n) is 3.55. The number of aryl methyl sites for hydroxylation is 1. The Bertz CT molecular complexity index is 760. The average molecular weight is 356 g/mol. The van der Waals surface area contributed by atoms with Crippen LogP contribution in [0.15, 0.2) is 30.3 Å². The Labute approximate surface area is 153 Å². The summed E-state index contributed by atoms with van der Waals surface area (Å²) in [5.41, 5.74) is 2.00. The van der Waals surface area contributed by atoms with Gasteiger partial charge in [-0.15, -0.1) is 0 Å². The molecule has 0 aliphatic heterocycles. The fraction of sp³-hybridized carbons (Fsp3) is 0.368. The summed E-state index contributed by atoms with van der Waals surface area (Å²) in [5.74, 6) is -0.279. The first kappa shape index (κ1) is 19.4. The van der Waals surface area contributed by atoms with Crippen LogP contribution < -0.4 is 10.6 Å². The smallest absolute Gasteiger partial charge is 0.338 e. The van der Waals surface area contributed by atoms with Crippen molar-refractivity contribution >= 4 is 23.5 Å². The Hall–Kier alpha value is -2.96. The molecule has 26 heavy (non-hydrogen) atoms. The fourth-order valence-corrected chi connectivity index (χ4v) is 2.24. The number of nitrogens with one attached hydrogen (secondary N) is 2. The van der Waals surface area contributed by atoms with Crippen LogP contribution in [-0.2, 0) is 4.74 Å². The number of rotatable bonds is 8. The molecule has 7 nitrogen and oxygen atoms in total. The highest BCUT2D eigenvalue weighted by atomic mass is 16.5. The number of nitrogens with zero attached hydrogens (tertiary/aromatic N) is 2. The Balaban J connectivity index is 2.06. The summed E-state index contributed by atoms with van der Waals surface area (Å²) in [7, 11) is 0. The van der Waals surface area contributed by atoms with E-state index in [2.05, 4.69) is 27.5 Å². The molecule has 0 fully saturated rings. The topological polar surface area (TPSA) is 93.2 Å². The van der Waals surface area contributed by atoms with Gasteiger partial charge in [0.2, 0.25) is 5.95 Å². The number of amides is 1. The third kappa shape index (κ3) is 5.54. The van der Waals surface area contributed by atoms with Crippen LogP contribution in [0.5, 0.6) is 0 Å². The number of carbonyl (C=O) groups is 2. The number of anilines is 2. The molecule has 0 atom stereocenters. The molecule has 1 amide bonds. The molecule has 0 bridgehead atoms. The van der Waals surface area contributed by atoms with Gasteiger partial charge in [0, 0.05) is 17.9 Å². The molecule has 1 aromatic carbocycles. The lowest BCUT2D eigenvalue weighted by Crippen LogP contribution is -2.16. The van der Waals surface area contributed by atoms with E-state index in [9.17, 15) is 9.59 Å². The van der Waals surface area contributed by atoms with Crippen molar-refractivity contribution in [3.8, 4) is 0 Å². The molecule has 0 unspecified atom stereocenters. The number of unbranched alkanes of at least 4 members (excludes halogenated alkanes) is 1.